The number of hydrogen-bond acceptors (Lipinski definition) is 5. The summed E-state index contributed by atoms with van der Waals surface area (Å²) in [5.41, 5.74) is 1.02. The fourth-order valence-corrected chi connectivity index (χ4v) is 4.65. The fraction of sp³-hybridized carbons (Fsp3) is 0.500. The maximum atomic E-state index is 13.0. The number of ether oxygens (including phenoxy) is 1. The van der Waals surface area contributed by atoms with Gasteiger partial charge in [0.1, 0.15) is 11.6 Å². The number of anilines is 1. The second kappa shape index (κ2) is 8.17. The molecule has 1 unspecified atom stereocenters. The number of carbonyl (C=O) groups is 1. The van der Waals surface area contributed by atoms with E-state index in [2.05, 4.69) is 19.8 Å². The molecule has 0 N–H and O–H groups in total. The Hall–Kier alpha value is -2.63. The van der Waals surface area contributed by atoms with Crippen molar-refractivity contribution in [3.63, 3.8) is 0 Å². The van der Waals surface area contributed by atoms with E-state index in [0.29, 0.717) is 0 Å². The summed E-state index contributed by atoms with van der Waals surface area (Å²) in [6.45, 7) is 4.81. The minimum atomic E-state index is -0.0386. The van der Waals surface area contributed by atoms with Crippen molar-refractivity contribution in [2.75, 3.05) is 31.1 Å². The van der Waals surface area contributed by atoms with Crippen LogP contribution in [-0.4, -0.2) is 52.6 Å². The van der Waals surface area contributed by atoms with Gasteiger partial charge < -0.3 is 14.5 Å². The molecule has 0 bridgehead atoms. The van der Waals surface area contributed by atoms with Crippen molar-refractivity contribution in [2.45, 2.75) is 44.6 Å². The lowest BCUT2D eigenvalue weighted by Crippen LogP contribution is -2.49. The van der Waals surface area contributed by atoms with Crippen LogP contribution in [0.3, 0.4) is 0 Å². The number of likely N-dealkylation sites (tertiary alicyclic amines) is 1. The third-order valence-electron chi connectivity index (χ3n) is 6.13. The van der Waals surface area contributed by atoms with Crippen molar-refractivity contribution in [3.8, 4) is 5.75 Å². The van der Waals surface area contributed by atoms with Crippen molar-refractivity contribution < 1.29 is 9.53 Å². The Labute approximate surface area is 166 Å². The van der Waals surface area contributed by atoms with Crippen LogP contribution in [0, 0.1) is 6.92 Å². The summed E-state index contributed by atoms with van der Waals surface area (Å²) in [4.78, 5) is 26.1. The van der Waals surface area contributed by atoms with Gasteiger partial charge in [0, 0.05) is 37.6 Å². The minimum absolute atomic E-state index is 0.0386. The Morgan fingerprint density at radius 2 is 1.93 bits per heavy atom. The molecule has 6 nitrogen and oxygen atoms in total. The van der Waals surface area contributed by atoms with E-state index < -0.39 is 0 Å². The van der Waals surface area contributed by atoms with E-state index in [-0.39, 0.29) is 18.1 Å². The van der Waals surface area contributed by atoms with Gasteiger partial charge in [0.2, 0.25) is 0 Å². The van der Waals surface area contributed by atoms with Crippen LogP contribution in [-0.2, 0) is 4.79 Å². The molecule has 2 aliphatic heterocycles. The molecule has 1 aromatic heterocycles. The van der Waals surface area contributed by atoms with Crippen molar-refractivity contribution >= 4 is 11.7 Å². The molecule has 0 saturated carbocycles. The second-order valence-electron chi connectivity index (χ2n) is 7.83. The molecule has 2 aliphatic rings. The van der Waals surface area contributed by atoms with E-state index in [1.807, 2.05) is 37.4 Å². The molecule has 28 heavy (non-hydrogen) atoms. The van der Waals surface area contributed by atoms with Gasteiger partial charge in [-0.25, -0.2) is 4.98 Å². The summed E-state index contributed by atoms with van der Waals surface area (Å²) in [5.74, 6) is 1.82. The molecule has 1 amide bonds. The number of aryl methyl sites for hydroxylation is 1. The van der Waals surface area contributed by atoms with E-state index in [4.69, 9.17) is 4.74 Å². The monoisotopic (exact) mass is 380 g/mol. The first kappa shape index (κ1) is 18.7. The van der Waals surface area contributed by atoms with Crippen LogP contribution in [0.25, 0.3) is 0 Å². The van der Waals surface area contributed by atoms with Crippen LogP contribution in [0.2, 0.25) is 0 Å². The standard InChI is InChI=1S/C22H28N4O2/c1-18-6-2-3-7-19(18)28-17-21(27)26-14-5-9-22(26)8-4-13-25(15-10-22)20-16-23-11-12-24-20/h2-3,6-7,11-12,16H,4-5,8-10,13-15,17H2,1H3. The summed E-state index contributed by atoms with van der Waals surface area (Å²) < 4.78 is 5.85. The zero-order chi connectivity index (χ0) is 19.4. The molecule has 0 aliphatic carbocycles. The SMILES string of the molecule is Cc1ccccc1OCC(=O)N1CCCC12CCCN(c1cnccn1)CC2. The van der Waals surface area contributed by atoms with E-state index in [9.17, 15) is 4.79 Å². The average molecular weight is 380 g/mol. The van der Waals surface area contributed by atoms with Gasteiger partial charge in [-0.05, 0) is 50.7 Å². The van der Waals surface area contributed by atoms with E-state index in [1.54, 1.807) is 12.4 Å². The highest BCUT2D eigenvalue weighted by atomic mass is 16.5. The van der Waals surface area contributed by atoms with E-state index in [1.165, 1.54) is 0 Å². The molecule has 6 heteroatoms. The molecule has 3 heterocycles. The third-order valence-corrected chi connectivity index (χ3v) is 6.13. The zero-order valence-electron chi connectivity index (χ0n) is 16.5. The molecule has 1 atom stereocenters. The summed E-state index contributed by atoms with van der Waals surface area (Å²) in [7, 11) is 0. The van der Waals surface area contributed by atoms with Crippen molar-refractivity contribution in [2.24, 2.45) is 0 Å². The maximum Gasteiger partial charge on any atom is 0.260 e. The van der Waals surface area contributed by atoms with Crippen molar-refractivity contribution in [3.05, 3.63) is 48.4 Å². The molecule has 2 saturated heterocycles. The molecule has 1 spiro atoms. The molecule has 0 radical (unpaired) electrons. The second-order valence-corrected chi connectivity index (χ2v) is 7.83. The number of nitrogens with zero attached hydrogens (tertiary/aromatic N) is 4. The van der Waals surface area contributed by atoms with E-state index in [0.717, 1.165) is 68.9 Å². The van der Waals surface area contributed by atoms with Gasteiger partial charge in [0.15, 0.2) is 6.61 Å². The lowest BCUT2D eigenvalue weighted by Gasteiger charge is -2.38. The van der Waals surface area contributed by atoms with Gasteiger partial charge >= 0.3 is 0 Å². The number of hydrogen-bond donors (Lipinski definition) is 0. The average Bonchev–Trinajstić information content (AvgIpc) is 3.01. The van der Waals surface area contributed by atoms with Crippen LogP contribution < -0.4 is 9.64 Å². The molecular formula is C22H28N4O2. The highest BCUT2D eigenvalue weighted by molar-refractivity contribution is 5.79. The van der Waals surface area contributed by atoms with Gasteiger partial charge in [0.25, 0.3) is 5.91 Å². The summed E-state index contributed by atoms with van der Waals surface area (Å²) in [5, 5.41) is 0. The van der Waals surface area contributed by atoms with Crippen LogP contribution >= 0.6 is 0 Å². The van der Waals surface area contributed by atoms with Gasteiger partial charge in [0.05, 0.1) is 6.20 Å². The van der Waals surface area contributed by atoms with Gasteiger partial charge in [-0.2, -0.15) is 0 Å². The lowest BCUT2D eigenvalue weighted by molar-refractivity contribution is -0.138. The summed E-state index contributed by atoms with van der Waals surface area (Å²) in [6, 6.07) is 7.85. The van der Waals surface area contributed by atoms with Crippen LogP contribution in [0.4, 0.5) is 5.82 Å². The topological polar surface area (TPSA) is 58.6 Å². The Bertz CT molecular complexity index is 813. The van der Waals surface area contributed by atoms with Crippen molar-refractivity contribution in [1.82, 2.24) is 14.9 Å². The number of carbonyl (C=O) groups excluding carboxylic acids is 1. The number of aromatic nitrogens is 2. The normalized spacial score (nSPS) is 22.3. The minimum Gasteiger partial charge on any atom is -0.484 e. The molecule has 1 aromatic carbocycles. The van der Waals surface area contributed by atoms with Crippen LogP contribution in [0.5, 0.6) is 5.75 Å². The highest BCUT2D eigenvalue weighted by Crippen LogP contribution is 2.39. The van der Waals surface area contributed by atoms with E-state index >= 15 is 0 Å². The Morgan fingerprint density at radius 1 is 1.11 bits per heavy atom. The van der Waals surface area contributed by atoms with Crippen LogP contribution in [0.1, 0.15) is 37.7 Å². The number of amides is 1. The van der Waals surface area contributed by atoms with Crippen molar-refractivity contribution in [1.29, 1.82) is 0 Å². The molecule has 4 rings (SSSR count). The maximum absolute atomic E-state index is 13.0. The summed E-state index contributed by atoms with van der Waals surface area (Å²) in [6.07, 6.45) is 10.5. The van der Waals surface area contributed by atoms with Gasteiger partial charge in [-0.1, -0.05) is 18.2 Å². The Kier molecular flexibility index (Phi) is 5.46. The smallest absolute Gasteiger partial charge is 0.260 e. The summed E-state index contributed by atoms with van der Waals surface area (Å²) >= 11 is 0. The number of para-hydroxylation sites is 1. The largest absolute Gasteiger partial charge is 0.484 e. The quantitative estimate of drug-likeness (QED) is 0.815. The fourth-order valence-electron chi connectivity index (χ4n) is 4.65. The number of benzene rings is 1. The Morgan fingerprint density at radius 3 is 2.71 bits per heavy atom. The zero-order valence-corrected chi connectivity index (χ0v) is 16.5. The first-order valence-corrected chi connectivity index (χ1v) is 10.2. The molecule has 2 aromatic rings. The Balaban J connectivity index is 1.42. The van der Waals surface area contributed by atoms with Gasteiger partial charge in [-0.15, -0.1) is 0 Å². The predicted molar refractivity (Wildman–Crippen MR) is 108 cm³/mol. The van der Waals surface area contributed by atoms with Crippen LogP contribution in [0.15, 0.2) is 42.9 Å². The first-order chi connectivity index (χ1) is 13.7. The predicted octanol–water partition coefficient (Wildman–Crippen LogP) is 3.22. The molecular weight excluding hydrogens is 352 g/mol. The number of rotatable bonds is 4. The third kappa shape index (κ3) is 3.81. The first-order valence-electron chi connectivity index (χ1n) is 10.2. The van der Waals surface area contributed by atoms with Gasteiger partial charge in [-0.3, -0.25) is 9.78 Å². The molecule has 148 valence electrons. The molecule has 2 fully saturated rings. The highest BCUT2D eigenvalue weighted by Gasteiger charge is 2.44. The lowest BCUT2D eigenvalue weighted by atomic mass is 9.87.